The number of aromatic nitrogens is 6. The van der Waals surface area contributed by atoms with Gasteiger partial charge in [0.25, 0.3) is 0 Å². The zero-order valence-electron chi connectivity index (χ0n) is 14.1. The molecule has 4 rings (SSSR count). The molecule has 0 aromatic carbocycles. The molecule has 0 saturated carbocycles. The Labute approximate surface area is 150 Å². The maximum absolute atomic E-state index is 13.0. The molecule has 1 aliphatic rings. The van der Waals surface area contributed by atoms with E-state index in [-0.39, 0.29) is 5.78 Å². The van der Waals surface area contributed by atoms with Gasteiger partial charge >= 0.3 is 0 Å². The average molecular weight is 347 g/mol. The molecule has 0 saturated heterocycles. The average Bonchev–Trinajstić information content (AvgIpc) is 3.28. The number of aryl methyl sites for hydroxylation is 1. The number of fused-ring (bicyclic) bond motifs is 1. The van der Waals surface area contributed by atoms with E-state index in [2.05, 4.69) is 26.2 Å². The smallest absolute Gasteiger partial charge is 0.187 e. The van der Waals surface area contributed by atoms with Crippen LogP contribution < -0.4 is 0 Å². The zero-order valence-corrected chi connectivity index (χ0v) is 14.1. The molecule has 0 spiro atoms. The lowest BCUT2D eigenvalue weighted by Crippen LogP contribution is -2.18. The van der Waals surface area contributed by atoms with Crippen LogP contribution in [0.1, 0.15) is 47.2 Å². The first-order chi connectivity index (χ1) is 12.8. The molecule has 3 aromatic rings. The Kier molecular flexibility index (Phi) is 4.27. The second-order valence-corrected chi connectivity index (χ2v) is 6.24. The van der Waals surface area contributed by atoms with Gasteiger partial charge in [-0.25, -0.2) is 9.97 Å². The van der Waals surface area contributed by atoms with Crippen LogP contribution in [0.2, 0.25) is 0 Å². The Morgan fingerprint density at radius 1 is 1.23 bits per heavy atom. The molecule has 3 aromatic heterocycles. The highest BCUT2D eigenvalue weighted by molar-refractivity contribution is 6.02. The van der Waals surface area contributed by atoms with Crippen LogP contribution in [0.15, 0.2) is 37.1 Å². The Morgan fingerprint density at radius 3 is 2.96 bits per heavy atom. The molecule has 0 amide bonds. The number of nitriles is 1. The fourth-order valence-electron chi connectivity index (χ4n) is 3.23. The van der Waals surface area contributed by atoms with E-state index < -0.39 is 5.92 Å². The van der Waals surface area contributed by atoms with Gasteiger partial charge in [-0.3, -0.25) is 9.36 Å². The van der Waals surface area contributed by atoms with Crippen molar-refractivity contribution in [2.45, 2.75) is 38.1 Å². The molecule has 0 fully saturated rings. The summed E-state index contributed by atoms with van der Waals surface area (Å²) in [5, 5.41) is 18.0. The van der Waals surface area contributed by atoms with Crippen molar-refractivity contribution in [1.29, 1.82) is 5.26 Å². The molecular weight excluding hydrogens is 330 g/mol. The number of rotatable bonds is 4. The molecule has 0 aliphatic carbocycles. The summed E-state index contributed by atoms with van der Waals surface area (Å²) < 4.78 is 3.65. The number of carbonyl (C=O) groups is 1. The van der Waals surface area contributed by atoms with E-state index in [1.165, 1.54) is 0 Å². The molecule has 8 heteroatoms. The first-order valence-electron chi connectivity index (χ1n) is 8.58. The van der Waals surface area contributed by atoms with E-state index in [9.17, 15) is 10.1 Å². The molecule has 0 N–H and O–H groups in total. The minimum absolute atomic E-state index is 0.296. The van der Waals surface area contributed by atoms with Gasteiger partial charge in [0, 0.05) is 37.1 Å². The minimum Gasteiger partial charge on any atom is -0.313 e. The Morgan fingerprint density at radius 2 is 2.15 bits per heavy atom. The first-order valence-corrected chi connectivity index (χ1v) is 8.58. The quantitative estimate of drug-likeness (QED) is 0.670. The lowest BCUT2D eigenvalue weighted by Gasteiger charge is -2.11. The molecule has 1 aliphatic heterocycles. The Balaban J connectivity index is 1.68. The summed E-state index contributed by atoms with van der Waals surface area (Å²) >= 11 is 0. The maximum atomic E-state index is 13.0. The molecule has 0 unspecified atom stereocenters. The zero-order chi connectivity index (χ0) is 17.9. The van der Waals surface area contributed by atoms with Crippen molar-refractivity contribution in [1.82, 2.24) is 29.3 Å². The van der Waals surface area contributed by atoms with Gasteiger partial charge in [-0.2, -0.15) is 5.26 Å². The van der Waals surface area contributed by atoms with Gasteiger partial charge in [0.15, 0.2) is 17.5 Å². The van der Waals surface area contributed by atoms with Crippen molar-refractivity contribution in [2.75, 3.05) is 0 Å². The number of ketones is 1. The molecule has 1 atom stereocenters. The van der Waals surface area contributed by atoms with Crippen LogP contribution in [0.5, 0.6) is 0 Å². The second kappa shape index (κ2) is 6.88. The molecule has 0 bridgehead atoms. The molecule has 26 heavy (non-hydrogen) atoms. The SMILES string of the molecule is N#C[C@@H](C(=O)c1ccnc(-n2ccnc2)c1)c1nnc2n1CCCCC2. The number of hydrogen-bond donors (Lipinski definition) is 0. The molecular formula is C18H17N7O. The topological polar surface area (TPSA) is 102 Å². The maximum Gasteiger partial charge on any atom is 0.187 e. The van der Waals surface area contributed by atoms with Crippen molar-refractivity contribution < 1.29 is 4.79 Å². The van der Waals surface area contributed by atoms with Gasteiger partial charge in [-0.1, -0.05) is 6.42 Å². The standard InChI is InChI=1S/C18H17N7O/c19-11-14(18-23-22-15-4-2-1-3-8-25(15)18)17(26)13-5-6-21-16(10-13)24-9-7-20-12-24/h5-7,9-10,12,14H,1-4,8H2/t14-/m0/s1. The normalized spacial score (nSPS) is 14.9. The van der Waals surface area contributed by atoms with Crippen molar-refractivity contribution in [3.05, 3.63) is 54.3 Å². The van der Waals surface area contributed by atoms with Crippen LogP contribution in [0.3, 0.4) is 0 Å². The van der Waals surface area contributed by atoms with Gasteiger partial charge in [-0.05, 0) is 25.0 Å². The summed E-state index contributed by atoms with van der Waals surface area (Å²) in [6, 6.07) is 5.39. The number of imidazole rings is 1. The fourth-order valence-corrected chi connectivity index (χ4v) is 3.23. The Hall–Kier alpha value is -3.34. The van der Waals surface area contributed by atoms with Crippen molar-refractivity contribution in [3.63, 3.8) is 0 Å². The number of nitrogens with zero attached hydrogens (tertiary/aromatic N) is 7. The van der Waals surface area contributed by atoms with Crippen LogP contribution in [0, 0.1) is 11.3 Å². The van der Waals surface area contributed by atoms with Crippen LogP contribution in [-0.4, -0.2) is 35.1 Å². The van der Waals surface area contributed by atoms with E-state index in [4.69, 9.17) is 0 Å². The molecule has 130 valence electrons. The number of hydrogen-bond acceptors (Lipinski definition) is 6. The third-order valence-electron chi connectivity index (χ3n) is 4.59. The van der Waals surface area contributed by atoms with E-state index in [1.807, 2.05) is 4.57 Å². The summed E-state index contributed by atoms with van der Waals surface area (Å²) in [6.45, 7) is 0.750. The lowest BCUT2D eigenvalue weighted by molar-refractivity contribution is 0.0974. The second-order valence-electron chi connectivity index (χ2n) is 6.24. The van der Waals surface area contributed by atoms with E-state index in [0.717, 1.165) is 38.1 Å². The van der Waals surface area contributed by atoms with E-state index in [1.54, 1.807) is 41.6 Å². The van der Waals surface area contributed by atoms with Gasteiger partial charge in [0.05, 0.1) is 6.07 Å². The van der Waals surface area contributed by atoms with Crippen LogP contribution in [0.4, 0.5) is 0 Å². The highest BCUT2D eigenvalue weighted by Gasteiger charge is 2.29. The molecule has 8 nitrogen and oxygen atoms in total. The molecule has 4 heterocycles. The third kappa shape index (κ3) is 2.88. The number of pyridine rings is 1. The minimum atomic E-state index is -0.979. The van der Waals surface area contributed by atoms with E-state index >= 15 is 0 Å². The van der Waals surface area contributed by atoms with Gasteiger partial charge in [-0.15, -0.1) is 10.2 Å². The van der Waals surface area contributed by atoms with Gasteiger partial charge < -0.3 is 4.57 Å². The summed E-state index contributed by atoms with van der Waals surface area (Å²) in [6.07, 6.45) is 10.6. The third-order valence-corrected chi connectivity index (χ3v) is 4.59. The fraction of sp³-hybridized carbons (Fsp3) is 0.333. The van der Waals surface area contributed by atoms with Crippen LogP contribution >= 0.6 is 0 Å². The van der Waals surface area contributed by atoms with Gasteiger partial charge in [0.2, 0.25) is 0 Å². The highest BCUT2D eigenvalue weighted by Crippen LogP contribution is 2.23. The summed E-state index contributed by atoms with van der Waals surface area (Å²) in [7, 11) is 0. The first kappa shape index (κ1) is 16.1. The van der Waals surface area contributed by atoms with Gasteiger partial charge in [0.1, 0.15) is 18.0 Å². The monoisotopic (exact) mass is 347 g/mol. The van der Waals surface area contributed by atoms with E-state index in [0.29, 0.717) is 17.2 Å². The van der Waals surface area contributed by atoms with Crippen molar-refractivity contribution >= 4 is 5.78 Å². The highest BCUT2D eigenvalue weighted by atomic mass is 16.1. The number of Topliss-reactive ketones (excluding diaryl/α,β-unsaturated/α-hetero) is 1. The summed E-state index contributed by atoms with van der Waals surface area (Å²) in [4.78, 5) is 21.2. The van der Waals surface area contributed by atoms with Crippen molar-refractivity contribution in [3.8, 4) is 11.9 Å². The predicted molar refractivity (Wildman–Crippen MR) is 91.6 cm³/mol. The summed E-state index contributed by atoms with van der Waals surface area (Å²) in [5.74, 6) is 0.600. The Bertz CT molecular complexity index is 968. The molecule has 0 radical (unpaired) electrons. The largest absolute Gasteiger partial charge is 0.313 e. The van der Waals surface area contributed by atoms with Crippen LogP contribution in [-0.2, 0) is 13.0 Å². The predicted octanol–water partition coefficient (Wildman–Crippen LogP) is 2.08. The van der Waals surface area contributed by atoms with Crippen LogP contribution in [0.25, 0.3) is 5.82 Å². The summed E-state index contributed by atoms with van der Waals surface area (Å²) in [5.41, 5.74) is 0.418. The number of carbonyl (C=O) groups excluding carboxylic acids is 1. The lowest BCUT2D eigenvalue weighted by atomic mass is 9.98. The van der Waals surface area contributed by atoms with Crippen molar-refractivity contribution in [2.24, 2.45) is 0 Å².